The molecule has 0 unspecified atom stereocenters. The van der Waals surface area contributed by atoms with Crippen LogP contribution in [0.5, 0.6) is 5.75 Å². The second kappa shape index (κ2) is 6.92. The second-order valence-corrected chi connectivity index (χ2v) is 6.78. The van der Waals surface area contributed by atoms with E-state index in [1.165, 1.54) is 24.3 Å². The summed E-state index contributed by atoms with van der Waals surface area (Å²) in [4.78, 5) is 34.9. The van der Waals surface area contributed by atoms with Gasteiger partial charge in [-0.25, -0.2) is 4.79 Å². The summed E-state index contributed by atoms with van der Waals surface area (Å²) in [5, 5.41) is 11.8. The van der Waals surface area contributed by atoms with Gasteiger partial charge in [-0.3, -0.25) is 14.9 Å². The largest absolute Gasteiger partial charge is 0.485 e. The van der Waals surface area contributed by atoms with Crippen LogP contribution in [0.25, 0.3) is 11.0 Å². The van der Waals surface area contributed by atoms with Crippen LogP contribution in [0.15, 0.2) is 45.6 Å². The normalized spacial score (nSPS) is 12.8. The maximum absolute atomic E-state index is 12.4. The van der Waals surface area contributed by atoms with E-state index in [0.29, 0.717) is 16.9 Å². The van der Waals surface area contributed by atoms with Gasteiger partial charge in [-0.15, -0.1) is 0 Å². The molecule has 0 atom stereocenters. The summed E-state index contributed by atoms with van der Waals surface area (Å²) in [6, 6.07) is 9.13. The molecule has 0 fully saturated rings. The van der Waals surface area contributed by atoms with Gasteiger partial charge in [-0.2, -0.15) is 0 Å². The van der Waals surface area contributed by atoms with Crippen molar-refractivity contribution < 1.29 is 18.9 Å². The topological polar surface area (TPSA) is 99.6 Å². The summed E-state index contributed by atoms with van der Waals surface area (Å²) in [6.45, 7) is 1.50. The fourth-order valence-electron chi connectivity index (χ4n) is 3.64. The van der Waals surface area contributed by atoms with Crippen LogP contribution in [-0.4, -0.2) is 17.3 Å². The number of Topliss-reactive ketones (excluding diaryl/α,β-unsaturated/α-hetero) is 1. The molecule has 0 N–H and O–H groups in total. The Hall–Kier alpha value is -3.48. The van der Waals surface area contributed by atoms with Crippen molar-refractivity contribution in [3.05, 3.63) is 79.2 Å². The first-order chi connectivity index (χ1) is 13.5. The highest BCUT2D eigenvalue weighted by molar-refractivity contribution is 5.98. The average Bonchev–Trinajstić information content (AvgIpc) is 3.19. The third-order valence-electron chi connectivity index (χ3n) is 5.08. The fraction of sp³-hybridized carbons (Fsp3) is 0.238. The molecule has 0 amide bonds. The van der Waals surface area contributed by atoms with Crippen LogP contribution in [0, 0.1) is 17.0 Å². The molecule has 7 nitrogen and oxygen atoms in total. The lowest BCUT2D eigenvalue weighted by Gasteiger charge is -2.12. The maximum Gasteiger partial charge on any atom is 0.339 e. The summed E-state index contributed by atoms with van der Waals surface area (Å²) < 4.78 is 11.2. The number of hydrogen-bond donors (Lipinski definition) is 0. The van der Waals surface area contributed by atoms with Crippen molar-refractivity contribution in [2.75, 3.05) is 6.61 Å². The highest BCUT2D eigenvalue weighted by atomic mass is 16.6. The zero-order valence-electron chi connectivity index (χ0n) is 15.2. The van der Waals surface area contributed by atoms with Gasteiger partial charge in [-0.1, -0.05) is 12.1 Å². The Balaban J connectivity index is 1.60. The zero-order valence-corrected chi connectivity index (χ0v) is 15.2. The van der Waals surface area contributed by atoms with Gasteiger partial charge in [0.15, 0.2) is 12.4 Å². The van der Waals surface area contributed by atoms with E-state index in [1.807, 2.05) is 6.07 Å². The Bertz CT molecular complexity index is 1180. The first-order valence-corrected chi connectivity index (χ1v) is 8.94. The number of fused-ring (bicyclic) bond motifs is 3. The van der Waals surface area contributed by atoms with Crippen molar-refractivity contribution in [1.29, 1.82) is 0 Å². The molecule has 0 radical (unpaired) electrons. The first kappa shape index (κ1) is 17.9. The van der Waals surface area contributed by atoms with Crippen molar-refractivity contribution in [2.45, 2.75) is 26.2 Å². The van der Waals surface area contributed by atoms with E-state index >= 15 is 0 Å². The van der Waals surface area contributed by atoms with Crippen LogP contribution >= 0.6 is 0 Å². The second-order valence-electron chi connectivity index (χ2n) is 6.78. The molecule has 7 heteroatoms. The molecule has 142 valence electrons. The lowest BCUT2D eigenvalue weighted by molar-refractivity contribution is -0.384. The molecular formula is C21H17NO6. The smallest absolute Gasteiger partial charge is 0.339 e. The number of nitrogens with zero attached hydrogens (tertiary/aromatic N) is 1. The van der Waals surface area contributed by atoms with Gasteiger partial charge in [0.25, 0.3) is 5.69 Å². The van der Waals surface area contributed by atoms with Gasteiger partial charge >= 0.3 is 5.63 Å². The number of nitro benzene ring substituents is 1. The molecule has 0 aliphatic heterocycles. The summed E-state index contributed by atoms with van der Waals surface area (Å²) in [6.07, 6.45) is 2.53. The van der Waals surface area contributed by atoms with E-state index < -0.39 is 4.92 Å². The number of carbonyl (C=O) groups excluding carboxylic acids is 1. The quantitative estimate of drug-likeness (QED) is 0.290. The van der Waals surface area contributed by atoms with Gasteiger partial charge in [0, 0.05) is 34.2 Å². The number of hydrogen-bond acceptors (Lipinski definition) is 6. The van der Waals surface area contributed by atoms with E-state index in [-0.39, 0.29) is 29.3 Å². The van der Waals surface area contributed by atoms with Gasteiger partial charge in [0.2, 0.25) is 0 Å². The van der Waals surface area contributed by atoms with E-state index in [1.54, 1.807) is 13.0 Å². The molecule has 1 aliphatic rings. The average molecular weight is 379 g/mol. The third kappa shape index (κ3) is 3.05. The SMILES string of the molecule is Cc1c(OCC(=O)c2cccc([N+](=O)[O-])c2)ccc2c3c(c(=O)oc12)CCC3. The predicted molar refractivity (Wildman–Crippen MR) is 102 cm³/mol. The fourth-order valence-corrected chi connectivity index (χ4v) is 3.64. The lowest BCUT2D eigenvalue weighted by atomic mass is 10.0. The monoisotopic (exact) mass is 379 g/mol. The third-order valence-corrected chi connectivity index (χ3v) is 5.08. The van der Waals surface area contributed by atoms with E-state index in [4.69, 9.17) is 9.15 Å². The molecular weight excluding hydrogens is 362 g/mol. The van der Waals surface area contributed by atoms with E-state index in [9.17, 15) is 19.7 Å². The van der Waals surface area contributed by atoms with Crippen LogP contribution in [0.2, 0.25) is 0 Å². The molecule has 28 heavy (non-hydrogen) atoms. The molecule has 1 heterocycles. The minimum Gasteiger partial charge on any atom is -0.485 e. The van der Waals surface area contributed by atoms with Crippen molar-refractivity contribution in [3.8, 4) is 5.75 Å². The van der Waals surface area contributed by atoms with Crippen molar-refractivity contribution in [1.82, 2.24) is 0 Å². The number of ketones is 1. The molecule has 0 bridgehead atoms. The van der Waals surface area contributed by atoms with Crippen molar-refractivity contribution in [2.24, 2.45) is 0 Å². The number of nitro groups is 1. The molecule has 1 aromatic heterocycles. The Labute approximate surface area is 159 Å². The number of aryl methyl sites for hydroxylation is 2. The van der Waals surface area contributed by atoms with Crippen LogP contribution in [0.3, 0.4) is 0 Å². The standard InChI is InChI=1S/C21H17NO6/c1-12-19(27-11-18(23)13-4-2-5-14(10-13)22(25)26)9-8-16-15-6-3-7-17(15)21(24)28-20(12)16/h2,4-5,8-10H,3,6-7,11H2,1H3. The number of non-ortho nitro benzene ring substituents is 1. The lowest BCUT2D eigenvalue weighted by Crippen LogP contribution is -2.13. The molecule has 0 saturated heterocycles. The Morgan fingerprint density at radius 2 is 2.00 bits per heavy atom. The molecule has 2 aromatic carbocycles. The summed E-state index contributed by atoms with van der Waals surface area (Å²) in [5.41, 5.74) is 2.66. The predicted octanol–water partition coefficient (Wildman–Crippen LogP) is 3.76. The van der Waals surface area contributed by atoms with Gasteiger partial charge in [0.05, 0.1) is 4.92 Å². The van der Waals surface area contributed by atoms with E-state index in [2.05, 4.69) is 0 Å². The molecule has 0 spiro atoms. The van der Waals surface area contributed by atoms with Gasteiger partial charge in [0.1, 0.15) is 11.3 Å². The highest BCUT2D eigenvalue weighted by Crippen LogP contribution is 2.33. The van der Waals surface area contributed by atoms with Crippen molar-refractivity contribution >= 4 is 22.4 Å². The number of rotatable bonds is 5. The minimum atomic E-state index is -0.550. The summed E-state index contributed by atoms with van der Waals surface area (Å²) in [5.74, 6) is 0.0611. The van der Waals surface area contributed by atoms with Crippen LogP contribution in [0.1, 0.15) is 33.5 Å². The van der Waals surface area contributed by atoms with Crippen LogP contribution in [-0.2, 0) is 12.8 Å². The Morgan fingerprint density at radius 1 is 1.21 bits per heavy atom. The van der Waals surface area contributed by atoms with E-state index in [0.717, 1.165) is 35.8 Å². The van der Waals surface area contributed by atoms with Crippen molar-refractivity contribution in [3.63, 3.8) is 0 Å². The number of ether oxygens (including phenoxy) is 1. The number of benzene rings is 2. The zero-order chi connectivity index (χ0) is 19.8. The highest BCUT2D eigenvalue weighted by Gasteiger charge is 2.21. The summed E-state index contributed by atoms with van der Waals surface area (Å²) >= 11 is 0. The number of carbonyl (C=O) groups is 1. The Morgan fingerprint density at radius 3 is 2.79 bits per heavy atom. The molecule has 0 saturated carbocycles. The molecule has 4 rings (SSSR count). The first-order valence-electron chi connectivity index (χ1n) is 8.94. The minimum absolute atomic E-state index is 0.150. The van der Waals surface area contributed by atoms with Gasteiger partial charge < -0.3 is 9.15 Å². The molecule has 1 aliphatic carbocycles. The maximum atomic E-state index is 12.4. The van der Waals surface area contributed by atoms with Crippen LogP contribution < -0.4 is 10.4 Å². The summed E-state index contributed by atoms with van der Waals surface area (Å²) in [7, 11) is 0. The van der Waals surface area contributed by atoms with Gasteiger partial charge in [-0.05, 0) is 43.9 Å². The Kier molecular flexibility index (Phi) is 4.43. The van der Waals surface area contributed by atoms with Crippen LogP contribution in [0.4, 0.5) is 5.69 Å². The molecule has 3 aromatic rings.